The van der Waals surface area contributed by atoms with Crippen LogP contribution in [0.5, 0.6) is 0 Å². The summed E-state index contributed by atoms with van der Waals surface area (Å²) < 4.78 is 31.1. The van der Waals surface area contributed by atoms with E-state index >= 15 is 8.78 Å². The molecule has 0 unspecified atom stereocenters. The lowest BCUT2D eigenvalue weighted by molar-refractivity contribution is -0.138. The van der Waals surface area contributed by atoms with Crippen molar-refractivity contribution in [3.63, 3.8) is 0 Å². The van der Waals surface area contributed by atoms with Crippen LogP contribution in [0.2, 0.25) is 10.0 Å². The van der Waals surface area contributed by atoms with Crippen molar-refractivity contribution in [3.05, 3.63) is 74.9 Å². The van der Waals surface area contributed by atoms with Gasteiger partial charge in [0.15, 0.2) is 0 Å². The summed E-state index contributed by atoms with van der Waals surface area (Å²) in [6.45, 7) is 6.20. The van der Waals surface area contributed by atoms with Gasteiger partial charge in [0.1, 0.15) is 17.0 Å². The first kappa shape index (κ1) is 25.4. The van der Waals surface area contributed by atoms with E-state index in [-0.39, 0.29) is 46.3 Å². The average Bonchev–Trinajstić information content (AvgIpc) is 3.24. The monoisotopic (exact) mass is 519 g/mol. The highest BCUT2D eigenvalue weighted by molar-refractivity contribution is 6.31. The Morgan fingerprint density at radius 1 is 1.26 bits per heavy atom. The van der Waals surface area contributed by atoms with E-state index in [4.69, 9.17) is 23.2 Å². The number of carbonyl (C=O) groups is 1. The molecule has 184 valence electrons. The lowest BCUT2D eigenvalue weighted by Gasteiger charge is -2.40. The van der Waals surface area contributed by atoms with Crippen LogP contribution >= 0.6 is 23.2 Å². The largest absolute Gasteiger partial charge is 0.480 e. The van der Waals surface area contributed by atoms with Crippen LogP contribution in [0.15, 0.2) is 42.1 Å². The second kappa shape index (κ2) is 9.09. The third-order valence-electron chi connectivity index (χ3n) is 6.55. The third-order valence-corrected chi connectivity index (χ3v) is 7.08. The van der Waals surface area contributed by atoms with Gasteiger partial charge in [0.25, 0.3) is 0 Å². The maximum Gasteiger partial charge on any atom is 0.317 e. The van der Waals surface area contributed by atoms with E-state index < -0.39 is 29.1 Å². The number of benzene rings is 2. The molecule has 35 heavy (non-hydrogen) atoms. The molecule has 0 saturated carbocycles. The summed E-state index contributed by atoms with van der Waals surface area (Å²) in [6.07, 6.45) is 0.457. The number of hydrogen-bond donors (Lipinski definition) is 1. The van der Waals surface area contributed by atoms with Gasteiger partial charge in [-0.25, -0.2) is 8.78 Å². The van der Waals surface area contributed by atoms with Crippen molar-refractivity contribution in [1.82, 2.24) is 9.80 Å². The molecule has 0 radical (unpaired) electrons. The van der Waals surface area contributed by atoms with Crippen molar-refractivity contribution in [3.8, 4) is 6.07 Å². The Balaban J connectivity index is 2.06. The van der Waals surface area contributed by atoms with Gasteiger partial charge < -0.3 is 10.0 Å². The average molecular weight is 520 g/mol. The fourth-order valence-corrected chi connectivity index (χ4v) is 5.64. The Hall–Kier alpha value is -2.66. The first-order valence-electron chi connectivity index (χ1n) is 11.1. The molecule has 1 fully saturated rings. The molecule has 5 nitrogen and oxygen atoms in total. The molecule has 2 aromatic rings. The maximum atomic E-state index is 15.5. The molecule has 1 N–H and O–H groups in total. The molecule has 1 saturated heterocycles. The zero-order valence-electron chi connectivity index (χ0n) is 19.6. The second-order valence-corrected chi connectivity index (χ2v) is 11.1. The highest BCUT2D eigenvalue weighted by Crippen LogP contribution is 2.56. The van der Waals surface area contributed by atoms with Crippen LogP contribution in [0.3, 0.4) is 0 Å². The molecule has 2 aliphatic heterocycles. The fourth-order valence-electron chi connectivity index (χ4n) is 5.31. The second-order valence-electron chi connectivity index (χ2n) is 10.2. The molecule has 0 spiro atoms. The standard InChI is InChI=1S/C26H25Cl2F2N3O2/c1-25(2,3)10-21-26(13-31,17-8-7-15(27)9-19(17)29)23(16-5-4-6-18(28)24(16)30)20-11-32(12-22(34)35)14-33(20)21/h4-9,21H,10-12,14H2,1-3H3,(H,34,35)/t21-,26-/m0/s1. The van der Waals surface area contributed by atoms with Crippen molar-refractivity contribution in [2.24, 2.45) is 5.41 Å². The molecule has 0 aromatic heterocycles. The number of aliphatic carboxylic acids is 1. The summed E-state index contributed by atoms with van der Waals surface area (Å²) in [7, 11) is 0. The van der Waals surface area contributed by atoms with E-state index in [1.54, 1.807) is 11.0 Å². The number of hydrogen-bond acceptors (Lipinski definition) is 4. The van der Waals surface area contributed by atoms with E-state index in [1.807, 2.05) is 25.7 Å². The minimum Gasteiger partial charge on any atom is -0.480 e. The minimum atomic E-state index is -1.59. The Bertz CT molecular complexity index is 1270. The molecule has 2 atom stereocenters. The number of carboxylic acid groups (broad SMARTS) is 1. The first-order chi connectivity index (χ1) is 16.4. The van der Waals surface area contributed by atoms with Crippen LogP contribution in [-0.2, 0) is 10.2 Å². The van der Waals surface area contributed by atoms with Crippen molar-refractivity contribution >= 4 is 34.7 Å². The maximum absolute atomic E-state index is 15.5. The molecular formula is C26H25Cl2F2N3O2. The minimum absolute atomic E-state index is 0.0970. The summed E-state index contributed by atoms with van der Waals surface area (Å²) >= 11 is 12.2. The Kier molecular flexibility index (Phi) is 6.60. The Morgan fingerprint density at radius 3 is 2.57 bits per heavy atom. The van der Waals surface area contributed by atoms with Gasteiger partial charge in [-0.05, 0) is 30.0 Å². The summed E-state index contributed by atoms with van der Waals surface area (Å²) in [5.74, 6) is -2.37. The van der Waals surface area contributed by atoms with Gasteiger partial charge in [-0.15, -0.1) is 0 Å². The number of carboxylic acids is 1. The van der Waals surface area contributed by atoms with E-state index in [2.05, 4.69) is 6.07 Å². The molecule has 0 aliphatic carbocycles. The molecule has 2 aliphatic rings. The van der Waals surface area contributed by atoms with Crippen LogP contribution in [-0.4, -0.2) is 46.7 Å². The van der Waals surface area contributed by atoms with E-state index in [1.165, 1.54) is 24.3 Å². The number of halogens is 4. The third kappa shape index (κ3) is 4.40. The molecule has 0 bridgehead atoms. The van der Waals surface area contributed by atoms with E-state index in [0.717, 1.165) is 6.07 Å². The van der Waals surface area contributed by atoms with Gasteiger partial charge in [-0.2, -0.15) is 5.26 Å². The SMILES string of the molecule is CC(C)(C)C[C@@H]1N2CN(CC(=O)O)CC2=C(c2cccc(Cl)c2F)[C@@]1(C#N)c1ccc(Cl)cc1F. The smallest absolute Gasteiger partial charge is 0.317 e. The van der Waals surface area contributed by atoms with Crippen LogP contribution in [0.4, 0.5) is 8.78 Å². The highest BCUT2D eigenvalue weighted by atomic mass is 35.5. The van der Waals surface area contributed by atoms with Gasteiger partial charge in [0.05, 0.1) is 30.3 Å². The van der Waals surface area contributed by atoms with Crippen LogP contribution in [0, 0.1) is 28.4 Å². The lowest BCUT2D eigenvalue weighted by Crippen LogP contribution is -2.47. The molecular weight excluding hydrogens is 495 g/mol. The van der Waals surface area contributed by atoms with Crippen LogP contribution in [0.25, 0.3) is 5.57 Å². The van der Waals surface area contributed by atoms with Gasteiger partial charge in [0.2, 0.25) is 0 Å². The van der Waals surface area contributed by atoms with Crippen LogP contribution < -0.4 is 0 Å². The quantitative estimate of drug-likeness (QED) is 0.530. The zero-order valence-corrected chi connectivity index (χ0v) is 21.1. The predicted molar refractivity (Wildman–Crippen MR) is 131 cm³/mol. The Labute approximate surface area is 213 Å². The van der Waals surface area contributed by atoms with Crippen molar-refractivity contribution in [1.29, 1.82) is 5.26 Å². The van der Waals surface area contributed by atoms with Crippen LogP contribution in [0.1, 0.15) is 38.3 Å². The number of rotatable bonds is 5. The van der Waals surface area contributed by atoms with Gasteiger partial charge >= 0.3 is 5.97 Å². The van der Waals surface area contributed by atoms with Crippen molar-refractivity contribution < 1.29 is 18.7 Å². The number of fused-ring (bicyclic) bond motifs is 1. The normalized spacial score (nSPS) is 22.5. The van der Waals surface area contributed by atoms with Gasteiger partial charge in [0, 0.05) is 34.0 Å². The topological polar surface area (TPSA) is 67.6 Å². The summed E-state index contributed by atoms with van der Waals surface area (Å²) in [5.41, 5.74) is -0.774. The Morgan fingerprint density at radius 2 is 1.97 bits per heavy atom. The number of nitrogens with zero attached hydrogens (tertiary/aromatic N) is 3. The highest BCUT2D eigenvalue weighted by Gasteiger charge is 2.58. The first-order valence-corrected chi connectivity index (χ1v) is 11.9. The van der Waals surface area contributed by atoms with Gasteiger partial charge in [-0.1, -0.05) is 62.2 Å². The summed E-state index contributed by atoms with van der Waals surface area (Å²) in [5, 5.41) is 20.3. The van der Waals surface area contributed by atoms with Crippen molar-refractivity contribution in [2.75, 3.05) is 19.8 Å². The van der Waals surface area contributed by atoms with E-state index in [0.29, 0.717) is 17.7 Å². The van der Waals surface area contributed by atoms with E-state index in [9.17, 15) is 15.2 Å². The summed E-state index contributed by atoms with van der Waals surface area (Å²) in [4.78, 5) is 15.1. The zero-order chi connectivity index (χ0) is 25.7. The fraction of sp³-hybridized carbons (Fsp3) is 0.385. The molecule has 2 aromatic carbocycles. The predicted octanol–water partition coefficient (Wildman–Crippen LogP) is 5.92. The van der Waals surface area contributed by atoms with Gasteiger partial charge in [-0.3, -0.25) is 9.69 Å². The molecule has 2 heterocycles. The summed E-state index contributed by atoms with van der Waals surface area (Å²) in [6, 6.07) is 10.5. The van der Waals surface area contributed by atoms with Crippen molar-refractivity contribution in [2.45, 2.75) is 38.6 Å². The lowest BCUT2D eigenvalue weighted by atomic mass is 9.65. The number of nitriles is 1. The molecule has 4 rings (SSSR count). The molecule has 0 amide bonds. The molecule has 9 heteroatoms.